The summed E-state index contributed by atoms with van der Waals surface area (Å²) in [6, 6.07) is 4.82. The molecule has 0 saturated carbocycles. The summed E-state index contributed by atoms with van der Waals surface area (Å²) in [4.78, 5) is 22.3. The summed E-state index contributed by atoms with van der Waals surface area (Å²) >= 11 is 0. The maximum Gasteiger partial charge on any atom is 0.320 e. The van der Waals surface area contributed by atoms with Crippen molar-refractivity contribution in [2.45, 2.75) is 18.9 Å². The maximum absolute atomic E-state index is 11.7. The molecule has 0 saturated heterocycles. The average molecular weight is 497 g/mol. The number of nitrogens with two attached hydrogens (primary N) is 1. The Hall–Kier alpha value is -4.32. The molecule has 0 aliphatic carbocycles. The van der Waals surface area contributed by atoms with Crippen LogP contribution in [0.1, 0.15) is 12.8 Å². The number of aromatic hydroxyl groups is 4. The van der Waals surface area contributed by atoms with Crippen molar-refractivity contribution in [2.24, 2.45) is 15.7 Å². The van der Waals surface area contributed by atoms with Gasteiger partial charge in [-0.3, -0.25) is 20.2 Å². The number of phenols is 4. The normalized spacial score (nSPS) is 17.6. The van der Waals surface area contributed by atoms with Gasteiger partial charge in [0.1, 0.15) is 29.0 Å². The van der Waals surface area contributed by atoms with Gasteiger partial charge in [0.05, 0.1) is 45.3 Å². The van der Waals surface area contributed by atoms with Gasteiger partial charge in [0, 0.05) is 19.6 Å². The van der Waals surface area contributed by atoms with Crippen LogP contribution < -0.4 is 21.8 Å². The fourth-order valence-electron chi connectivity index (χ4n) is 4.49. The molecule has 190 valence electrons. The number of benzene rings is 3. The van der Waals surface area contributed by atoms with E-state index in [1.807, 2.05) is 0 Å². The minimum atomic E-state index is -1.00. The zero-order valence-corrected chi connectivity index (χ0v) is 19.4. The van der Waals surface area contributed by atoms with E-state index in [1.165, 1.54) is 12.1 Å². The predicted octanol–water partition coefficient (Wildman–Crippen LogP) is 0.0867. The first-order valence-electron chi connectivity index (χ1n) is 11.5. The molecule has 36 heavy (non-hydrogen) atoms. The molecule has 0 amide bonds. The standard InChI is InChI=1S/C24H28N6O6/c25-24(26)30-10-1-2-14(23(35)36)28-8-7-27-12-3-4-13(29-9-11-30)18-17(12)21(33)19-15(31)5-6-16(32)20(19)22(18)34/h3-6,14,28,31-34H,1-2,7-11H2,(H3,25,26)(H,35,36)/t14-/m0/s1. The average Bonchev–Trinajstić information content (AvgIpc) is 2.83. The monoisotopic (exact) mass is 496 g/mol. The largest absolute Gasteiger partial charge is 0.507 e. The van der Waals surface area contributed by atoms with Gasteiger partial charge in [-0.2, -0.15) is 0 Å². The number of nitrogens with zero attached hydrogens (tertiary/aromatic N) is 3. The van der Waals surface area contributed by atoms with Crippen LogP contribution in [0.3, 0.4) is 0 Å². The van der Waals surface area contributed by atoms with Crippen molar-refractivity contribution in [3.05, 3.63) is 35.0 Å². The van der Waals surface area contributed by atoms with Gasteiger partial charge in [-0.15, -0.1) is 0 Å². The van der Waals surface area contributed by atoms with E-state index in [-0.39, 0.29) is 76.7 Å². The highest BCUT2D eigenvalue weighted by atomic mass is 16.4. The number of aliphatic carboxylic acids is 1. The Bertz CT molecular complexity index is 1470. The molecule has 3 aromatic carbocycles. The molecule has 1 atom stereocenters. The van der Waals surface area contributed by atoms with Crippen LogP contribution in [0.15, 0.2) is 34.3 Å². The second-order valence-electron chi connectivity index (χ2n) is 8.53. The molecule has 0 spiro atoms. The van der Waals surface area contributed by atoms with E-state index in [1.54, 1.807) is 17.0 Å². The van der Waals surface area contributed by atoms with Crippen LogP contribution in [0, 0.1) is 5.41 Å². The third-order valence-corrected chi connectivity index (χ3v) is 6.27. The Morgan fingerprint density at radius 3 is 2.00 bits per heavy atom. The summed E-state index contributed by atoms with van der Waals surface area (Å²) in [5.74, 6) is -2.60. The Kier molecular flexibility index (Phi) is 6.97. The lowest BCUT2D eigenvalue weighted by atomic mass is 9.98. The number of hydrogen-bond donors (Lipinski definition) is 8. The van der Waals surface area contributed by atoms with Gasteiger partial charge in [0.2, 0.25) is 0 Å². The third kappa shape index (κ3) is 4.62. The third-order valence-electron chi connectivity index (χ3n) is 6.27. The number of fused-ring (bicyclic) bond motifs is 7. The minimum absolute atomic E-state index is 0.126. The second kappa shape index (κ2) is 10.1. The molecule has 1 heterocycles. The number of carbonyl (C=O) groups is 1. The second-order valence-corrected chi connectivity index (χ2v) is 8.53. The van der Waals surface area contributed by atoms with E-state index >= 15 is 0 Å². The summed E-state index contributed by atoms with van der Waals surface area (Å²) in [7, 11) is 0. The highest BCUT2D eigenvalue weighted by Crippen LogP contribution is 2.46. The topological polar surface area (TPSA) is 208 Å². The first kappa shape index (κ1) is 24.8. The van der Waals surface area contributed by atoms with Gasteiger partial charge in [0.25, 0.3) is 0 Å². The van der Waals surface area contributed by atoms with Crippen molar-refractivity contribution in [1.29, 1.82) is 5.41 Å². The lowest BCUT2D eigenvalue weighted by Crippen LogP contribution is -2.41. The minimum Gasteiger partial charge on any atom is -0.507 e. The SMILES string of the molecule is N=C(N)N1CCC[C@@H](C(=O)O)NCCN=c2ccc(c3c(O)c4c(O)ccc(O)c4c(O)c23)=NCC1. The predicted molar refractivity (Wildman–Crippen MR) is 132 cm³/mol. The number of rotatable bonds is 1. The molecule has 1 aliphatic rings. The van der Waals surface area contributed by atoms with Gasteiger partial charge in [-0.25, -0.2) is 0 Å². The molecule has 2 bridgehead atoms. The van der Waals surface area contributed by atoms with Gasteiger partial charge in [-0.05, 0) is 37.1 Å². The fourth-order valence-corrected chi connectivity index (χ4v) is 4.49. The smallest absolute Gasteiger partial charge is 0.320 e. The van der Waals surface area contributed by atoms with Crippen LogP contribution in [0.5, 0.6) is 23.0 Å². The van der Waals surface area contributed by atoms with E-state index in [9.17, 15) is 30.3 Å². The van der Waals surface area contributed by atoms with Crippen LogP contribution in [0.4, 0.5) is 0 Å². The van der Waals surface area contributed by atoms with Gasteiger partial charge >= 0.3 is 5.97 Å². The van der Waals surface area contributed by atoms with Crippen LogP contribution in [-0.4, -0.2) is 81.1 Å². The van der Waals surface area contributed by atoms with Crippen LogP contribution in [0.2, 0.25) is 0 Å². The van der Waals surface area contributed by atoms with Gasteiger partial charge < -0.3 is 41.5 Å². The van der Waals surface area contributed by atoms with E-state index < -0.39 is 12.0 Å². The molecule has 3 aromatic rings. The van der Waals surface area contributed by atoms with Crippen LogP contribution in [-0.2, 0) is 4.79 Å². The fraction of sp³-hybridized carbons (Fsp3) is 0.333. The number of carboxylic acid groups (broad SMARTS) is 1. The number of nitrogens with one attached hydrogen (secondary N) is 2. The summed E-state index contributed by atoms with van der Waals surface area (Å²) in [6.07, 6.45) is 0.817. The van der Waals surface area contributed by atoms with E-state index in [0.717, 1.165) is 0 Å². The quantitative estimate of drug-likeness (QED) is 0.0992. The van der Waals surface area contributed by atoms with Crippen molar-refractivity contribution in [2.75, 3.05) is 32.7 Å². The summed E-state index contributed by atoms with van der Waals surface area (Å²) in [6.45, 7) is 1.20. The molecule has 4 rings (SSSR count). The molecule has 0 aromatic heterocycles. The van der Waals surface area contributed by atoms with Crippen molar-refractivity contribution in [3.63, 3.8) is 0 Å². The lowest BCUT2D eigenvalue weighted by molar-refractivity contribution is -0.139. The number of carboxylic acids is 1. The summed E-state index contributed by atoms with van der Waals surface area (Å²) in [5.41, 5.74) is 5.71. The zero-order chi connectivity index (χ0) is 26.0. The maximum atomic E-state index is 11.7. The van der Waals surface area contributed by atoms with E-state index in [2.05, 4.69) is 15.3 Å². The van der Waals surface area contributed by atoms with Crippen molar-refractivity contribution < 1.29 is 30.3 Å². The molecule has 12 heteroatoms. The van der Waals surface area contributed by atoms with Gasteiger partial charge in [-0.1, -0.05) is 0 Å². The Labute approximate surface area is 205 Å². The Morgan fingerprint density at radius 2 is 1.47 bits per heavy atom. The highest BCUT2D eigenvalue weighted by molar-refractivity contribution is 6.14. The van der Waals surface area contributed by atoms with E-state index in [4.69, 9.17) is 11.1 Å². The lowest BCUT2D eigenvalue weighted by Gasteiger charge is -2.23. The Morgan fingerprint density at radius 1 is 0.917 bits per heavy atom. The van der Waals surface area contributed by atoms with Crippen LogP contribution >= 0.6 is 0 Å². The molecule has 9 N–H and O–H groups in total. The summed E-state index contributed by atoms with van der Waals surface area (Å²) < 4.78 is 0. The molecular formula is C24H28N6O6. The molecule has 12 nitrogen and oxygen atoms in total. The van der Waals surface area contributed by atoms with Crippen molar-refractivity contribution >= 4 is 33.5 Å². The van der Waals surface area contributed by atoms with E-state index in [0.29, 0.717) is 30.1 Å². The molecule has 0 fully saturated rings. The Balaban J connectivity index is 1.97. The number of hydrogen-bond acceptors (Lipinski definition) is 9. The summed E-state index contributed by atoms with van der Waals surface area (Å²) in [5, 5.41) is 64.1. The van der Waals surface area contributed by atoms with Crippen molar-refractivity contribution in [1.82, 2.24) is 10.2 Å². The number of phenolic OH excluding ortho intramolecular Hbond substituents is 4. The van der Waals surface area contributed by atoms with Gasteiger partial charge in [0.15, 0.2) is 5.96 Å². The first-order valence-corrected chi connectivity index (χ1v) is 11.5. The molecular weight excluding hydrogens is 468 g/mol. The number of guanidine groups is 1. The van der Waals surface area contributed by atoms with Crippen molar-refractivity contribution in [3.8, 4) is 23.0 Å². The molecule has 0 unspecified atom stereocenters. The van der Waals surface area contributed by atoms with Crippen LogP contribution in [0.25, 0.3) is 21.5 Å². The molecule has 1 aliphatic heterocycles. The first-order chi connectivity index (χ1) is 17.2. The highest BCUT2D eigenvalue weighted by Gasteiger charge is 2.22. The zero-order valence-electron chi connectivity index (χ0n) is 19.4. The molecule has 0 radical (unpaired) electrons.